The second-order valence-electron chi connectivity index (χ2n) is 6.99. The number of ether oxygens (including phenoxy) is 4. The minimum absolute atomic E-state index is 0.164. The van der Waals surface area contributed by atoms with Crippen molar-refractivity contribution in [1.82, 2.24) is 5.32 Å². The third-order valence-corrected chi connectivity index (χ3v) is 4.75. The fourth-order valence-electron chi connectivity index (χ4n) is 3.35. The van der Waals surface area contributed by atoms with Gasteiger partial charge in [0.25, 0.3) is 5.91 Å². The predicted octanol–water partition coefficient (Wildman–Crippen LogP) is 3.88. The van der Waals surface area contributed by atoms with Crippen LogP contribution in [0.2, 0.25) is 0 Å². The standard InChI is InChI=1S/C22H33NO6/c1-5-26-18-13-16(14-19(27-6-2)20(18)28-7-3)22(25)29-15(4)21(24)23-17-11-9-8-10-12-17/h13-15,17H,5-12H2,1-4H3,(H,23,24)/t15-/m1/s1. The van der Waals surface area contributed by atoms with E-state index in [1.807, 2.05) is 20.8 Å². The summed E-state index contributed by atoms with van der Waals surface area (Å²) in [6, 6.07) is 3.29. The van der Waals surface area contributed by atoms with E-state index in [4.69, 9.17) is 18.9 Å². The molecule has 1 aliphatic rings. The van der Waals surface area contributed by atoms with Crippen LogP contribution < -0.4 is 19.5 Å². The summed E-state index contributed by atoms with van der Waals surface area (Å²) in [6.45, 7) is 8.38. The first kappa shape index (κ1) is 22.8. The molecule has 0 aromatic heterocycles. The highest BCUT2D eigenvalue weighted by Crippen LogP contribution is 2.39. The minimum atomic E-state index is -0.887. The van der Waals surface area contributed by atoms with Crippen molar-refractivity contribution in [3.8, 4) is 17.2 Å². The van der Waals surface area contributed by atoms with Crippen molar-refractivity contribution in [2.75, 3.05) is 19.8 Å². The van der Waals surface area contributed by atoms with Gasteiger partial charge in [0.15, 0.2) is 17.6 Å². The normalized spacial score (nSPS) is 15.3. The summed E-state index contributed by atoms with van der Waals surface area (Å²) >= 11 is 0. The molecular formula is C22H33NO6. The molecule has 1 atom stereocenters. The smallest absolute Gasteiger partial charge is 0.339 e. The topological polar surface area (TPSA) is 83.1 Å². The monoisotopic (exact) mass is 407 g/mol. The van der Waals surface area contributed by atoms with Crippen LogP contribution in [0.1, 0.15) is 70.2 Å². The van der Waals surface area contributed by atoms with E-state index < -0.39 is 12.1 Å². The molecule has 7 heteroatoms. The maximum Gasteiger partial charge on any atom is 0.339 e. The largest absolute Gasteiger partial charge is 0.490 e. The molecule has 0 radical (unpaired) electrons. The third-order valence-electron chi connectivity index (χ3n) is 4.75. The molecule has 0 saturated heterocycles. The zero-order valence-corrected chi connectivity index (χ0v) is 17.9. The third kappa shape index (κ3) is 6.54. The Labute approximate surface area is 173 Å². The van der Waals surface area contributed by atoms with Crippen molar-refractivity contribution in [3.05, 3.63) is 17.7 Å². The Balaban J connectivity index is 2.12. The molecule has 162 valence electrons. The number of carbonyl (C=O) groups is 2. The van der Waals surface area contributed by atoms with Crippen molar-refractivity contribution in [3.63, 3.8) is 0 Å². The molecule has 2 rings (SSSR count). The first-order chi connectivity index (χ1) is 14.0. The first-order valence-corrected chi connectivity index (χ1v) is 10.6. The van der Waals surface area contributed by atoms with Crippen LogP contribution in [0.15, 0.2) is 12.1 Å². The van der Waals surface area contributed by atoms with Gasteiger partial charge in [0, 0.05) is 6.04 Å². The van der Waals surface area contributed by atoms with Gasteiger partial charge in [-0.3, -0.25) is 4.79 Å². The highest BCUT2D eigenvalue weighted by atomic mass is 16.6. The van der Waals surface area contributed by atoms with Crippen LogP contribution in [0.3, 0.4) is 0 Å². The van der Waals surface area contributed by atoms with Gasteiger partial charge >= 0.3 is 5.97 Å². The van der Waals surface area contributed by atoms with Crippen molar-refractivity contribution in [2.45, 2.75) is 71.9 Å². The molecule has 1 N–H and O–H groups in total. The van der Waals surface area contributed by atoms with Gasteiger partial charge in [-0.15, -0.1) is 0 Å². The van der Waals surface area contributed by atoms with E-state index in [-0.39, 0.29) is 17.5 Å². The van der Waals surface area contributed by atoms with Crippen LogP contribution >= 0.6 is 0 Å². The van der Waals surface area contributed by atoms with Gasteiger partial charge in [-0.2, -0.15) is 0 Å². The molecular weight excluding hydrogens is 374 g/mol. The van der Waals surface area contributed by atoms with Crippen molar-refractivity contribution < 1.29 is 28.5 Å². The zero-order chi connectivity index (χ0) is 21.2. The van der Waals surface area contributed by atoms with Gasteiger partial charge < -0.3 is 24.3 Å². The lowest BCUT2D eigenvalue weighted by molar-refractivity contribution is -0.130. The highest BCUT2D eigenvalue weighted by molar-refractivity contribution is 5.93. The predicted molar refractivity (Wildman–Crippen MR) is 110 cm³/mol. The quantitative estimate of drug-likeness (QED) is 0.593. The van der Waals surface area contributed by atoms with Gasteiger partial charge in [0.05, 0.1) is 25.4 Å². The van der Waals surface area contributed by atoms with Gasteiger partial charge in [0.1, 0.15) is 0 Å². The molecule has 0 spiro atoms. The average Bonchev–Trinajstić information content (AvgIpc) is 2.71. The molecule has 0 bridgehead atoms. The summed E-state index contributed by atoms with van der Waals surface area (Å²) in [5.74, 6) is 0.390. The molecule has 1 saturated carbocycles. The average molecular weight is 408 g/mol. The lowest BCUT2D eigenvalue weighted by atomic mass is 9.95. The Morgan fingerprint density at radius 2 is 1.52 bits per heavy atom. The van der Waals surface area contributed by atoms with E-state index in [0.717, 1.165) is 25.7 Å². The number of benzene rings is 1. The number of hydrogen-bond donors (Lipinski definition) is 1. The molecule has 1 aromatic rings. The van der Waals surface area contributed by atoms with E-state index in [1.54, 1.807) is 19.1 Å². The van der Waals surface area contributed by atoms with Crippen molar-refractivity contribution in [2.24, 2.45) is 0 Å². The molecule has 0 unspecified atom stereocenters. The minimum Gasteiger partial charge on any atom is -0.490 e. The fourth-order valence-corrected chi connectivity index (χ4v) is 3.35. The van der Waals surface area contributed by atoms with Gasteiger partial charge in [-0.1, -0.05) is 19.3 Å². The van der Waals surface area contributed by atoms with E-state index in [0.29, 0.717) is 37.1 Å². The number of rotatable bonds is 10. The van der Waals surface area contributed by atoms with E-state index in [9.17, 15) is 9.59 Å². The number of esters is 1. The molecule has 29 heavy (non-hydrogen) atoms. The summed E-state index contributed by atoms with van der Waals surface area (Å²) < 4.78 is 22.3. The molecule has 1 aromatic carbocycles. The van der Waals surface area contributed by atoms with E-state index in [1.165, 1.54) is 6.42 Å². The fraction of sp³-hybridized carbons (Fsp3) is 0.636. The lowest BCUT2D eigenvalue weighted by Crippen LogP contribution is -2.42. The van der Waals surface area contributed by atoms with Crippen LogP contribution in [-0.4, -0.2) is 43.8 Å². The molecule has 7 nitrogen and oxygen atoms in total. The Hall–Kier alpha value is -2.44. The Morgan fingerprint density at radius 1 is 0.966 bits per heavy atom. The van der Waals surface area contributed by atoms with E-state index >= 15 is 0 Å². The lowest BCUT2D eigenvalue weighted by Gasteiger charge is -2.24. The molecule has 0 aliphatic heterocycles. The van der Waals surface area contributed by atoms with Gasteiger partial charge in [-0.05, 0) is 52.7 Å². The summed E-state index contributed by atoms with van der Waals surface area (Å²) in [5, 5.41) is 2.98. The maximum absolute atomic E-state index is 12.7. The molecule has 1 amide bonds. The summed E-state index contributed by atoms with van der Waals surface area (Å²) in [7, 11) is 0. The molecule has 1 fully saturated rings. The van der Waals surface area contributed by atoms with Crippen LogP contribution in [0.5, 0.6) is 17.2 Å². The highest BCUT2D eigenvalue weighted by Gasteiger charge is 2.25. The Bertz CT molecular complexity index is 657. The Kier molecular flexibility index (Phi) is 9.09. The van der Waals surface area contributed by atoms with E-state index in [2.05, 4.69) is 5.32 Å². The van der Waals surface area contributed by atoms with Crippen LogP contribution in [0.4, 0.5) is 0 Å². The Morgan fingerprint density at radius 3 is 2.03 bits per heavy atom. The van der Waals surface area contributed by atoms with Gasteiger partial charge in [-0.25, -0.2) is 4.79 Å². The van der Waals surface area contributed by atoms with Crippen molar-refractivity contribution in [1.29, 1.82) is 0 Å². The van der Waals surface area contributed by atoms with Crippen LogP contribution in [0.25, 0.3) is 0 Å². The summed E-state index contributed by atoms with van der Waals surface area (Å²) in [5.41, 5.74) is 0.248. The molecule has 0 heterocycles. The maximum atomic E-state index is 12.7. The van der Waals surface area contributed by atoms with Gasteiger partial charge in [0.2, 0.25) is 5.75 Å². The second kappa shape index (κ2) is 11.5. The summed E-state index contributed by atoms with van der Waals surface area (Å²) in [6.07, 6.45) is 4.50. The number of nitrogens with one attached hydrogen (secondary N) is 1. The van der Waals surface area contributed by atoms with Crippen molar-refractivity contribution >= 4 is 11.9 Å². The number of hydrogen-bond acceptors (Lipinski definition) is 6. The summed E-state index contributed by atoms with van der Waals surface area (Å²) in [4.78, 5) is 25.1. The first-order valence-electron chi connectivity index (χ1n) is 10.6. The number of carbonyl (C=O) groups excluding carboxylic acids is 2. The molecule has 1 aliphatic carbocycles. The van der Waals surface area contributed by atoms with Crippen LogP contribution in [-0.2, 0) is 9.53 Å². The van der Waals surface area contributed by atoms with Crippen LogP contribution in [0, 0.1) is 0 Å². The second-order valence-corrected chi connectivity index (χ2v) is 6.99. The number of amides is 1. The SMILES string of the molecule is CCOc1cc(C(=O)O[C@H](C)C(=O)NC2CCCCC2)cc(OCC)c1OCC. The zero-order valence-electron chi connectivity index (χ0n) is 17.9.